The number of para-hydroxylation sites is 1. The Balaban J connectivity index is 1.81. The summed E-state index contributed by atoms with van der Waals surface area (Å²) in [5.74, 6) is -5.04. The number of fused-ring (bicyclic) bond motifs is 1. The second-order valence-electron chi connectivity index (χ2n) is 14.8. The molecule has 2 aromatic carbocycles. The van der Waals surface area contributed by atoms with Crippen LogP contribution in [0, 0.1) is 17.8 Å². The summed E-state index contributed by atoms with van der Waals surface area (Å²) >= 11 is 0. The van der Waals surface area contributed by atoms with Crippen LogP contribution in [-0.2, 0) is 41.6 Å². The molecule has 14 nitrogen and oxygen atoms in total. The number of amides is 5. The fraction of sp³-hybridized carbons (Fsp3) is 0.500. The van der Waals surface area contributed by atoms with Crippen LogP contribution in [-0.4, -0.2) is 81.8 Å². The Morgan fingerprint density at radius 1 is 0.685 bits per heavy atom. The maximum absolute atomic E-state index is 14.0. The zero-order chi connectivity index (χ0) is 40.1. The number of nitrogens with two attached hydrogens (primary N) is 1. The molecular formula is C40H57N7O7. The van der Waals surface area contributed by atoms with E-state index in [2.05, 4.69) is 31.6 Å². The molecule has 14 heteroatoms. The Labute approximate surface area is 317 Å². The minimum Gasteiger partial charge on any atom is -0.480 e. The predicted octanol–water partition coefficient (Wildman–Crippen LogP) is 2.56. The number of aliphatic carboxylic acids is 1. The summed E-state index contributed by atoms with van der Waals surface area (Å²) in [6.45, 7) is 12.2. The van der Waals surface area contributed by atoms with E-state index in [9.17, 15) is 33.9 Å². The van der Waals surface area contributed by atoms with Gasteiger partial charge in [0.1, 0.15) is 30.2 Å². The first-order valence-electron chi connectivity index (χ1n) is 18.6. The van der Waals surface area contributed by atoms with Crippen LogP contribution in [0.5, 0.6) is 0 Å². The van der Waals surface area contributed by atoms with Crippen molar-refractivity contribution in [2.45, 2.75) is 110 Å². The van der Waals surface area contributed by atoms with Gasteiger partial charge in [0.15, 0.2) is 0 Å². The van der Waals surface area contributed by atoms with E-state index in [1.54, 1.807) is 20.0 Å². The second-order valence-corrected chi connectivity index (χ2v) is 14.8. The predicted molar refractivity (Wildman–Crippen MR) is 207 cm³/mol. The van der Waals surface area contributed by atoms with E-state index in [0.717, 1.165) is 22.0 Å². The van der Waals surface area contributed by atoms with Gasteiger partial charge in [0.2, 0.25) is 29.5 Å². The number of aromatic nitrogens is 1. The molecular weight excluding hydrogens is 690 g/mol. The molecule has 0 radical (unpaired) electrons. The lowest BCUT2D eigenvalue weighted by molar-refractivity contribution is -0.143. The summed E-state index contributed by atoms with van der Waals surface area (Å²) in [6.07, 6.45) is 2.81. The molecule has 1 aromatic heterocycles. The molecule has 7 atom stereocenters. The number of carboxylic acid groups (broad SMARTS) is 1. The van der Waals surface area contributed by atoms with E-state index in [0.29, 0.717) is 6.42 Å². The number of carbonyl (C=O) groups excluding carboxylic acids is 5. The van der Waals surface area contributed by atoms with Crippen LogP contribution in [0.15, 0.2) is 60.8 Å². The molecule has 0 aliphatic rings. The molecule has 0 spiro atoms. The average molecular weight is 748 g/mol. The fourth-order valence-corrected chi connectivity index (χ4v) is 6.06. The average Bonchev–Trinajstić information content (AvgIpc) is 3.53. The summed E-state index contributed by atoms with van der Waals surface area (Å²) in [4.78, 5) is 82.8. The van der Waals surface area contributed by atoms with Gasteiger partial charge in [-0.3, -0.25) is 24.0 Å². The van der Waals surface area contributed by atoms with Crippen molar-refractivity contribution in [1.82, 2.24) is 31.6 Å². The number of aromatic amines is 1. The van der Waals surface area contributed by atoms with E-state index >= 15 is 0 Å². The number of carboxylic acids is 1. The Hall–Kier alpha value is -5.24. The fourth-order valence-electron chi connectivity index (χ4n) is 6.06. The molecule has 0 bridgehead atoms. The van der Waals surface area contributed by atoms with Crippen molar-refractivity contribution >= 4 is 46.4 Å². The van der Waals surface area contributed by atoms with Gasteiger partial charge in [-0.2, -0.15) is 0 Å². The minimum atomic E-state index is -1.20. The van der Waals surface area contributed by atoms with Crippen molar-refractivity contribution < 1.29 is 33.9 Å². The molecule has 1 heterocycles. The minimum absolute atomic E-state index is 0.0346. The van der Waals surface area contributed by atoms with Crippen molar-refractivity contribution in [2.24, 2.45) is 23.5 Å². The number of rotatable bonds is 20. The van der Waals surface area contributed by atoms with Gasteiger partial charge >= 0.3 is 5.97 Å². The number of H-pyrrole nitrogens is 1. The van der Waals surface area contributed by atoms with Crippen LogP contribution in [0.3, 0.4) is 0 Å². The monoisotopic (exact) mass is 747 g/mol. The van der Waals surface area contributed by atoms with E-state index < -0.39 is 77.7 Å². The van der Waals surface area contributed by atoms with Crippen LogP contribution in [0.25, 0.3) is 10.9 Å². The summed E-state index contributed by atoms with van der Waals surface area (Å²) in [5.41, 5.74) is 8.62. The van der Waals surface area contributed by atoms with Gasteiger partial charge in [-0.15, -0.1) is 0 Å². The number of benzene rings is 2. The van der Waals surface area contributed by atoms with Gasteiger partial charge in [-0.1, -0.05) is 96.5 Å². The molecule has 0 aliphatic heterocycles. The third-order valence-electron chi connectivity index (χ3n) is 9.48. The number of nitrogens with one attached hydrogen (secondary N) is 6. The molecule has 0 aliphatic carbocycles. The first-order valence-corrected chi connectivity index (χ1v) is 18.6. The molecule has 54 heavy (non-hydrogen) atoms. The van der Waals surface area contributed by atoms with Crippen molar-refractivity contribution in [1.29, 1.82) is 0 Å². The van der Waals surface area contributed by atoms with Crippen molar-refractivity contribution in [3.05, 3.63) is 71.9 Å². The highest BCUT2D eigenvalue weighted by Crippen LogP contribution is 2.20. The highest BCUT2D eigenvalue weighted by atomic mass is 16.4. The highest BCUT2D eigenvalue weighted by molar-refractivity contribution is 5.97. The third kappa shape index (κ3) is 12.4. The lowest BCUT2D eigenvalue weighted by Crippen LogP contribution is -2.60. The molecule has 3 aromatic rings. The van der Waals surface area contributed by atoms with Gasteiger partial charge in [-0.05, 0) is 54.7 Å². The van der Waals surface area contributed by atoms with Gasteiger partial charge in [0.05, 0.1) is 6.04 Å². The normalized spacial score (nSPS) is 15.3. The standard InChI is InChI=1S/C40H57N7O7/c1-8-24(6)34(47-36(49)29(41)19-26-14-10-9-11-15-26)39(52)43-25(7)35(48)44-32(20-27-21-42-30-17-13-12-16-28(27)30)37(50)45-31(18-22(2)3)38(51)46-33(23(4)5)40(53)54/h9-17,21-25,29,31-34,42H,8,18-20,41H2,1-7H3,(H,43,52)(H,44,48)(H,45,50)(H,46,51)(H,47,49)(H,53,54)/t24-,25-,29-,31-,32-,33-,34-/m0/s1. The van der Waals surface area contributed by atoms with Gasteiger partial charge in [0, 0.05) is 23.5 Å². The van der Waals surface area contributed by atoms with Crippen LogP contribution >= 0.6 is 0 Å². The topological polar surface area (TPSA) is 225 Å². The summed E-state index contributed by atoms with van der Waals surface area (Å²) in [7, 11) is 0. The molecule has 0 saturated heterocycles. The summed E-state index contributed by atoms with van der Waals surface area (Å²) in [5, 5.41) is 24.0. The van der Waals surface area contributed by atoms with Crippen LogP contribution in [0.2, 0.25) is 0 Å². The first kappa shape index (κ1) is 43.2. The molecule has 0 unspecified atom stereocenters. The van der Waals surface area contributed by atoms with Crippen LogP contribution < -0.4 is 32.3 Å². The highest BCUT2D eigenvalue weighted by Gasteiger charge is 2.34. The molecule has 3 rings (SSSR count). The van der Waals surface area contributed by atoms with Crippen molar-refractivity contribution in [3.8, 4) is 0 Å². The number of hydrogen-bond acceptors (Lipinski definition) is 7. The van der Waals surface area contributed by atoms with Gasteiger partial charge in [-0.25, -0.2) is 4.79 Å². The zero-order valence-electron chi connectivity index (χ0n) is 32.3. The Morgan fingerprint density at radius 3 is 1.89 bits per heavy atom. The second kappa shape index (κ2) is 20.3. The molecule has 294 valence electrons. The first-order chi connectivity index (χ1) is 25.5. The van der Waals surface area contributed by atoms with E-state index in [1.807, 2.05) is 82.3 Å². The SMILES string of the molecule is CC[C@H](C)[C@H](NC(=O)[C@@H](N)Cc1ccccc1)C(=O)N[C@@H](C)C(=O)N[C@@H](Cc1c[nH]c2ccccc12)C(=O)N[C@@H](CC(C)C)C(=O)N[C@H](C(=O)O)C(C)C. The van der Waals surface area contributed by atoms with Crippen LogP contribution in [0.4, 0.5) is 0 Å². The van der Waals surface area contributed by atoms with Crippen molar-refractivity contribution in [2.75, 3.05) is 0 Å². The van der Waals surface area contributed by atoms with Gasteiger partial charge in [0.25, 0.3) is 0 Å². The largest absolute Gasteiger partial charge is 0.480 e. The zero-order valence-corrected chi connectivity index (χ0v) is 32.3. The molecule has 5 amide bonds. The van der Waals surface area contributed by atoms with Crippen molar-refractivity contribution in [3.63, 3.8) is 0 Å². The Morgan fingerprint density at radius 2 is 1.28 bits per heavy atom. The maximum atomic E-state index is 14.0. The third-order valence-corrected chi connectivity index (χ3v) is 9.48. The number of hydrogen-bond donors (Lipinski definition) is 8. The van der Waals surface area contributed by atoms with E-state index in [-0.39, 0.29) is 31.1 Å². The van der Waals surface area contributed by atoms with E-state index in [4.69, 9.17) is 5.73 Å². The lowest BCUT2D eigenvalue weighted by atomic mass is 9.97. The molecule has 0 fully saturated rings. The quantitative estimate of drug-likeness (QED) is 0.0856. The van der Waals surface area contributed by atoms with Gasteiger partial charge < -0.3 is 42.4 Å². The Bertz CT molecular complexity index is 1740. The Kier molecular flexibility index (Phi) is 16.2. The maximum Gasteiger partial charge on any atom is 0.326 e. The summed E-state index contributed by atoms with van der Waals surface area (Å²) in [6, 6.07) is 10.3. The van der Waals surface area contributed by atoms with E-state index in [1.165, 1.54) is 6.92 Å². The lowest BCUT2D eigenvalue weighted by Gasteiger charge is -2.28. The molecule has 0 saturated carbocycles. The summed E-state index contributed by atoms with van der Waals surface area (Å²) < 4.78 is 0. The molecule has 9 N–H and O–H groups in total. The van der Waals surface area contributed by atoms with Crippen LogP contribution in [0.1, 0.15) is 72.4 Å². The smallest absolute Gasteiger partial charge is 0.326 e. The number of carbonyl (C=O) groups is 6.